The molecule has 3 rings (SSSR count). The fourth-order valence-electron chi connectivity index (χ4n) is 2.63. The second kappa shape index (κ2) is 5.01. The lowest BCUT2D eigenvalue weighted by molar-refractivity contribution is -0.142. The number of nitrogens with zero attached hydrogens (tertiary/aromatic N) is 3. The molecule has 7 nitrogen and oxygen atoms in total. The summed E-state index contributed by atoms with van der Waals surface area (Å²) in [5.41, 5.74) is 0.962. The second-order valence-corrected chi connectivity index (χ2v) is 4.93. The molecule has 3 heterocycles. The molecule has 2 aromatic rings. The monoisotopic (exact) mass is 287 g/mol. The molecule has 0 aromatic carbocycles. The summed E-state index contributed by atoms with van der Waals surface area (Å²) in [7, 11) is 0. The Bertz CT molecular complexity index is 709. The molecule has 0 spiro atoms. The van der Waals surface area contributed by atoms with Gasteiger partial charge in [-0.15, -0.1) is 0 Å². The number of carbonyl (C=O) groups is 2. The third-order valence-electron chi connectivity index (χ3n) is 3.66. The summed E-state index contributed by atoms with van der Waals surface area (Å²) in [4.78, 5) is 30.8. The zero-order chi connectivity index (χ0) is 15.0. The number of hydrogen-bond donors (Lipinski definition) is 2. The van der Waals surface area contributed by atoms with E-state index < -0.39 is 17.9 Å². The van der Waals surface area contributed by atoms with Crippen molar-refractivity contribution in [3.63, 3.8) is 0 Å². The molecule has 1 aliphatic heterocycles. The standard InChI is InChI=1S/C14H13N3O4/c18-13(19)8-4-6-17-10(7-8)11(14(20)21)16-12(17)9-3-1-2-5-15-9/h1-3,5,8H,4,6-7H2,(H,18,19)(H,20,21). The van der Waals surface area contributed by atoms with Crippen molar-refractivity contribution < 1.29 is 19.8 Å². The molecule has 0 fully saturated rings. The van der Waals surface area contributed by atoms with Gasteiger partial charge >= 0.3 is 11.9 Å². The number of carboxylic acid groups (broad SMARTS) is 2. The van der Waals surface area contributed by atoms with E-state index in [0.29, 0.717) is 30.2 Å². The highest BCUT2D eigenvalue weighted by molar-refractivity contribution is 5.88. The molecule has 0 saturated heterocycles. The normalized spacial score (nSPS) is 17.2. The molecule has 1 unspecified atom stereocenters. The topological polar surface area (TPSA) is 105 Å². The van der Waals surface area contributed by atoms with E-state index in [1.165, 1.54) is 0 Å². The Hall–Kier alpha value is -2.70. The number of aromatic carboxylic acids is 1. The van der Waals surface area contributed by atoms with Gasteiger partial charge in [0.25, 0.3) is 0 Å². The summed E-state index contributed by atoms with van der Waals surface area (Å²) in [5.74, 6) is -2.14. The van der Waals surface area contributed by atoms with Crippen LogP contribution in [0.2, 0.25) is 0 Å². The first-order valence-electron chi connectivity index (χ1n) is 6.55. The van der Waals surface area contributed by atoms with Gasteiger partial charge in [-0.05, 0) is 18.6 Å². The zero-order valence-electron chi connectivity index (χ0n) is 11.1. The number of carboxylic acids is 2. The molecule has 7 heteroatoms. The molecular weight excluding hydrogens is 274 g/mol. The SMILES string of the molecule is O=C(O)c1nc(-c2ccccn2)n2c1CC(C(=O)O)CC2. The van der Waals surface area contributed by atoms with Gasteiger partial charge in [-0.2, -0.15) is 0 Å². The summed E-state index contributed by atoms with van der Waals surface area (Å²) in [6.45, 7) is 0.429. The van der Waals surface area contributed by atoms with E-state index in [1.807, 2.05) is 0 Å². The highest BCUT2D eigenvalue weighted by Gasteiger charge is 2.31. The predicted molar refractivity (Wildman–Crippen MR) is 71.9 cm³/mol. The molecule has 1 atom stereocenters. The van der Waals surface area contributed by atoms with Gasteiger partial charge in [0.1, 0.15) is 5.69 Å². The number of aliphatic carboxylic acids is 1. The van der Waals surface area contributed by atoms with Crippen molar-refractivity contribution in [2.45, 2.75) is 19.4 Å². The number of rotatable bonds is 3. The summed E-state index contributed by atoms with van der Waals surface area (Å²) in [5, 5.41) is 18.4. The van der Waals surface area contributed by atoms with Gasteiger partial charge in [0.15, 0.2) is 11.5 Å². The maximum absolute atomic E-state index is 11.4. The average Bonchev–Trinajstić information content (AvgIpc) is 2.87. The zero-order valence-corrected chi connectivity index (χ0v) is 11.1. The van der Waals surface area contributed by atoms with Crippen LogP contribution < -0.4 is 0 Å². The number of fused-ring (bicyclic) bond motifs is 1. The van der Waals surface area contributed by atoms with E-state index >= 15 is 0 Å². The van der Waals surface area contributed by atoms with Gasteiger partial charge < -0.3 is 14.8 Å². The third-order valence-corrected chi connectivity index (χ3v) is 3.66. The Balaban J connectivity index is 2.12. The molecule has 2 N–H and O–H groups in total. The van der Waals surface area contributed by atoms with Crippen molar-refractivity contribution in [3.8, 4) is 11.5 Å². The van der Waals surface area contributed by atoms with Crippen molar-refractivity contribution in [1.82, 2.24) is 14.5 Å². The lowest BCUT2D eigenvalue weighted by Crippen LogP contribution is -2.26. The smallest absolute Gasteiger partial charge is 0.356 e. The molecule has 0 aliphatic carbocycles. The molecular formula is C14H13N3O4. The Morgan fingerprint density at radius 3 is 2.71 bits per heavy atom. The van der Waals surface area contributed by atoms with Crippen LogP contribution in [0.5, 0.6) is 0 Å². The van der Waals surface area contributed by atoms with Crippen LogP contribution in [0.3, 0.4) is 0 Å². The molecule has 1 aliphatic rings. The molecule has 0 amide bonds. The Kier molecular flexibility index (Phi) is 3.17. The average molecular weight is 287 g/mol. The number of hydrogen-bond acceptors (Lipinski definition) is 4. The quantitative estimate of drug-likeness (QED) is 0.881. The van der Waals surface area contributed by atoms with Crippen LogP contribution in [-0.4, -0.2) is 36.7 Å². The fraction of sp³-hybridized carbons (Fsp3) is 0.286. The fourth-order valence-corrected chi connectivity index (χ4v) is 2.63. The first kappa shape index (κ1) is 13.3. The molecule has 2 aromatic heterocycles. The molecule has 21 heavy (non-hydrogen) atoms. The van der Waals surface area contributed by atoms with E-state index in [2.05, 4.69) is 9.97 Å². The Morgan fingerprint density at radius 1 is 1.29 bits per heavy atom. The van der Waals surface area contributed by atoms with Gasteiger partial charge in [0.2, 0.25) is 0 Å². The number of imidazole rings is 1. The van der Waals surface area contributed by atoms with Crippen LogP contribution in [0.25, 0.3) is 11.5 Å². The van der Waals surface area contributed by atoms with Gasteiger partial charge in [-0.1, -0.05) is 6.07 Å². The molecule has 0 saturated carbocycles. The summed E-state index contributed by atoms with van der Waals surface area (Å²) in [6, 6.07) is 5.32. The van der Waals surface area contributed by atoms with Gasteiger partial charge in [-0.3, -0.25) is 9.78 Å². The Labute approximate surface area is 119 Å². The maximum atomic E-state index is 11.4. The van der Waals surface area contributed by atoms with Gasteiger partial charge in [0.05, 0.1) is 11.6 Å². The van der Waals surface area contributed by atoms with Crippen molar-refractivity contribution in [3.05, 3.63) is 35.8 Å². The van der Waals surface area contributed by atoms with Crippen LogP contribution in [0.4, 0.5) is 0 Å². The van der Waals surface area contributed by atoms with Crippen molar-refractivity contribution in [2.24, 2.45) is 5.92 Å². The lowest BCUT2D eigenvalue weighted by atomic mass is 9.95. The summed E-state index contributed by atoms with van der Waals surface area (Å²) >= 11 is 0. The van der Waals surface area contributed by atoms with Crippen molar-refractivity contribution in [1.29, 1.82) is 0 Å². The van der Waals surface area contributed by atoms with E-state index in [4.69, 9.17) is 5.11 Å². The van der Waals surface area contributed by atoms with Crippen LogP contribution in [0, 0.1) is 5.92 Å². The molecule has 0 radical (unpaired) electrons. The predicted octanol–water partition coefficient (Wildman–Crippen LogP) is 1.29. The van der Waals surface area contributed by atoms with E-state index in [1.54, 1.807) is 29.0 Å². The highest BCUT2D eigenvalue weighted by atomic mass is 16.4. The molecule has 108 valence electrons. The summed E-state index contributed by atoms with van der Waals surface area (Å²) in [6.07, 6.45) is 2.24. The van der Waals surface area contributed by atoms with Crippen molar-refractivity contribution in [2.75, 3.05) is 0 Å². The number of aromatic nitrogens is 3. The minimum atomic E-state index is -1.15. The minimum absolute atomic E-state index is 0.0818. The van der Waals surface area contributed by atoms with Gasteiger partial charge in [-0.25, -0.2) is 9.78 Å². The first-order valence-corrected chi connectivity index (χ1v) is 6.55. The van der Waals surface area contributed by atoms with Crippen LogP contribution in [0.15, 0.2) is 24.4 Å². The first-order chi connectivity index (χ1) is 10.1. The number of pyridine rings is 1. The van der Waals surface area contributed by atoms with Crippen LogP contribution in [-0.2, 0) is 17.8 Å². The minimum Gasteiger partial charge on any atom is -0.481 e. The van der Waals surface area contributed by atoms with E-state index in [-0.39, 0.29) is 12.1 Å². The summed E-state index contributed by atoms with van der Waals surface area (Å²) < 4.78 is 1.77. The van der Waals surface area contributed by atoms with Crippen LogP contribution >= 0.6 is 0 Å². The lowest BCUT2D eigenvalue weighted by Gasteiger charge is -2.22. The highest BCUT2D eigenvalue weighted by Crippen LogP contribution is 2.29. The van der Waals surface area contributed by atoms with E-state index in [0.717, 1.165) is 0 Å². The maximum Gasteiger partial charge on any atom is 0.356 e. The van der Waals surface area contributed by atoms with Crippen LogP contribution in [0.1, 0.15) is 22.6 Å². The Morgan fingerprint density at radius 2 is 2.10 bits per heavy atom. The second-order valence-electron chi connectivity index (χ2n) is 4.93. The largest absolute Gasteiger partial charge is 0.481 e. The third kappa shape index (κ3) is 2.26. The van der Waals surface area contributed by atoms with E-state index in [9.17, 15) is 14.7 Å². The van der Waals surface area contributed by atoms with Crippen molar-refractivity contribution >= 4 is 11.9 Å². The van der Waals surface area contributed by atoms with Gasteiger partial charge in [0, 0.05) is 19.2 Å². The molecule has 0 bridgehead atoms.